The van der Waals surface area contributed by atoms with Gasteiger partial charge in [0.2, 0.25) is 5.91 Å². The fraction of sp³-hybridized carbons (Fsp3) is 0.278. The minimum Gasteiger partial charge on any atom is -0.349 e. The molecule has 0 unspecified atom stereocenters. The smallest absolute Gasteiger partial charge is 0.226 e. The molecule has 1 amide bonds. The van der Waals surface area contributed by atoms with Crippen molar-refractivity contribution in [1.29, 1.82) is 0 Å². The van der Waals surface area contributed by atoms with E-state index in [1.165, 1.54) is 0 Å². The molecule has 1 N–H and O–H groups in total. The number of carbonyl (C=O) groups is 1. The first-order valence-corrected chi connectivity index (χ1v) is 8.85. The number of thiazole rings is 1. The van der Waals surface area contributed by atoms with E-state index in [1.807, 2.05) is 38.3 Å². The molecule has 6 nitrogen and oxygen atoms in total. The number of rotatable bonds is 5. The van der Waals surface area contributed by atoms with Crippen molar-refractivity contribution in [3.8, 4) is 11.4 Å². The third-order valence-corrected chi connectivity index (χ3v) is 4.63. The van der Waals surface area contributed by atoms with Crippen LogP contribution >= 0.6 is 11.3 Å². The van der Waals surface area contributed by atoms with Crippen LogP contribution in [0.5, 0.6) is 0 Å². The molecular weight excluding hydrogens is 334 g/mol. The van der Waals surface area contributed by atoms with Gasteiger partial charge in [-0.05, 0) is 32.9 Å². The third kappa shape index (κ3) is 4.24. The Morgan fingerprint density at radius 2 is 2.00 bits per heavy atom. The third-order valence-electron chi connectivity index (χ3n) is 3.81. The Kier molecular flexibility index (Phi) is 5.14. The molecule has 3 heterocycles. The van der Waals surface area contributed by atoms with Crippen LogP contribution in [-0.2, 0) is 11.2 Å². The Morgan fingerprint density at radius 1 is 1.24 bits per heavy atom. The van der Waals surface area contributed by atoms with Crippen molar-refractivity contribution in [3.05, 3.63) is 58.1 Å². The van der Waals surface area contributed by atoms with Crippen LogP contribution in [0.1, 0.15) is 34.9 Å². The van der Waals surface area contributed by atoms with Crippen LogP contribution in [0.25, 0.3) is 11.4 Å². The number of hydrogen-bond acceptors (Lipinski definition) is 6. The summed E-state index contributed by atoms with van der Waals surface area (Å²) in [5.74, 6) is 0.593. The molecule has 0 saturated heterocycles. The monoisotopic (exact) mass is 353 g/mol. The molecule has 7 heteroatoms. The zero-order chi connectivity index (χ0) is 17.8. The fourth-order valence-electron chi connectivity index (χ4n) is 2.57. The molecule has 3 aromatic rings. The normalized spacial score (nSPS) is 12.0. The van der Waals surface area contributed by atoms with Gasteiger partial charge in [-0.25, -0.2) is 15.0 Å². The van der Waals surface area contributed by atoms with Gasteiger partial charge in [0.1, 0.15) is 0 Å². The number of amides is 1. The van der Waals surface area contributed by atoms with Crippen LogP contribution in [0, 0.1) is 13.8 Å². The lowest BCUT2D eigenvalue weighted by atomic mass is 10.1. The summed E-state index contributed by atoms with van der Waals surface area (Å²) in [6.07, 6.45) is 5.48. The Balaban J connectivity index is 1.69. The molecule has 128 valence electrons. The van der Waals surface area contributed by atoms with E-state index < -0.39 is 0 Å². The molecule has 0 spiro atoms. The minimum atomic E-state index is -0.168. The molecule has 3 aromatic heterocycles. The quantitative estimate of drug-likeness (QED) is 0.762. The van der Waals surface area contributed by atoms with Gasteiger partial charge >= 0.3 is 0 Å². The predicted octanol–water partition coefficient (Wildman–Crippen LogP) is 3.03. The highest BCUT2D eigenvalue weighted by Crippen LogP contribution is 2.19. The largest absolute Gasteiger partial charge is 0.349 e. The van der Waals surface area contributed by atoms with Crippen LogP contribution in [0.3, 0.4) is 0 Å². The maximum atomic E-state index is 12.2. The van der Waals surface area contributed by atoms with Crippen molar-refractivity contribution in [2.75, 3.05) is 0 Å². The van der Waals surface area contributed by atoms with Crippen molar-refractivity contribution in [1.82, 2.24) is 25.3 Å². The zero-order valence-corrected chi connectivity index (χ0v) is 15.2. The zero-order valence-electron chi connectivity index (χ0n) is 14.4. The van der Waals surface area contributed by atoms with Gasteiger partial charge in [-0.2, -0.15) is 0 Å². The molecule has 1 atom stereocenters. The predicted molar refractivity (Wildman–Crippen MR) is 97.1 cm³/mol. The highest BCUT2D eigenvalue weighted by Gasteiger charge is 2.15. The number of hydrogen-bond donors (Lipinski definition) is 1. The fourth-order valence-corrected chi connectivity index (χ4v) is 3.18. The van der Waals surface area contributed by atoms with E-state index in [0.29, 0.717) is 5.82 Å². The molecule has 0 fully saturated rings. The van der Waals surface area contributed by atoms with Crippen molar-refractivity contribution in [2.45, 2.75) is 33.2 Å². The lowest BCUT2D eigenvalue weighted by molar-refractivity contribution is -0.121. The van der Waals surface area contributed by atoms with Gasteiger partial charge in [-0.1, -0.05) is 0 Å². The van der Waals surface area contributed by atoms with Gasteiger partial charge in [0.25, 0.3) is 0 Å². The van der Waals surface area contributed by atoms with Crippen LogP contribution in [0.15, 0.2) is 36.1 Å². The van der Waals surface area contributed by atoms with Crippen molar-refractivity contribution < 1.29 is 4.79 Å². The Bertz CT molecular complexity index is 878. The second kappa shape index (κ2) is 7.48. The van der Waals surface area contributed by atoms with Gasteiger partial charge in [0.05, 0.1) is 23.2 Å². The van der Waals surface area contributed by atoms with Crippen molar-refractivity contribution in [2.24, 2.45) is 0 Å². The molecule has 0 aliphatic heterocycles. The highest BCUT2D eigenvalue weighted by molar-refractivity contribution is 7.09. The lowest BCUT2D eigenvalue weighted by Crippen LogP contribution is -2.29. The van der Waals surface area contributed by atoms with E-state index in [1.54, 1.807) is 29.9 Å². The van der Waals surface area contributed by atoms with Crippen LogP contribution in [-0.4, -0.2) is 25.8 Å². The summed E-state index contributed by atoms with van der Waals surface area (Å²) >= 11 is 1.55. The Hall–Kier alpha value is -2.67. The molecule has 3 rings (SSSR count). The first kappa shape index (κ1) is 17.2. The first-order valence-electron chi connectivity index (χ1n) is 7.97. The molecule has 0 radical (unpaired) electrons. The average molecular weight is 353 g/mol. The first-order chi connectivity index (χ1) is 12.0. The Labute approximate surface area is 150 Å². The van der Waals surface area contributed by atoms with Crippen molar-refractivity contribution >= 4 is 17.2 Å². The number of nitrogens with zero attached hydrogens (tertiary/aromatic N) is 4. The Morgan fingerprint density at radius 3 is 2.64 bits per heavy atom. The SMILES string of the molecule is Cc1nc(CC(=O)N[C@H](C)c2cnc(-c3ccncc3)nc2C)cs1. The molecule has 0 aliphatic carbocycles. The van der Waals surface area contributed by atoms with Crippen LogP contribution < -0.4 is 5.32 Å². The van der Waals surface area contributed by atoms with E-state index in [0.717, 1.165) is 27.5 Å². The van der Waals surface area contributed by atoms with E-state index in [2.05, 4.69) is 25.3 Å². The summed E-state index contributed by atoms with van der Waals surface area (Å²) in [6.45, 7) is 5.79. The van der Waals surface area contributed by atoms with Gasteiger partial charge < -0.3 is 5.32 Å². The number of carbonyl (C=O) groups excluding carboxylic acids is 1. The molecular formula is C18H19N5OS. The molecule has 0 aromatic carbocycles. The second-order valence-corrected chi connectivity index (χ2v) is 6.86. The number of pyridine rings is 1. The number of aryl methyl sites for hydroxylation is 2. The standard InChI is InChI=1S/C18H19N5OS/c1-11(21-17(24)8-15-10-25-13(3)23-15)16-9-20-18(22-12(16)2)14-4-6-19-7-5-14/h4-7,9-11H,8H2,1-3H3,(H,21,24)/t11-/m1/s1. The molecule has 25 heavy (non-hydrogen) atoms. The van der Waals surface area contributed by atoms with Gasteiger partial charge in [0, 0.05) is 40.8 Å². The van der Waals surface area contributed by atoms with Gasteiger partial charge in [-0.15, -0.1) is 11.3 Å². The topological polar surface area (TPSA) is 80.7 Å². The summed E-state index contributed by atoms with van der Waals surface area (Å²) in [6, 6.07) is 3.57. The minimum absolute atomic E-state index is 0.0598. The lowest BCUT2D eigenvalue weighted by Gasteiger charge is -2.16. The summed E-state index contributed by atoms with van der Waals surface area (Å²) in [5, 5.41) is 5.87. The van der Waals surface area contributed by atoms with E-state index >= 15 is 0 Å². The maximum Gasteiger partial charge on any atom is 0.226 e. The van der Waals surface area contributed by atoms with Gasteiger partial charge in [0.15, 0.2) is 5.82 Å². The van der Waals surface area contributed by atoms with E-state index in [4.69, 9.17) is 0 Å². The van der Waals surface area contributed by atoms with Crippen LogP contribution in [0.2, 0.25) is 0 Å². The maximum absolute atomic E-state index is 12.2. The van der Waals surface area contributed by atoms with Crippen molar-refractivity contribution in [3.63, 3.8) is 0 Å². The highest BCUT2D eigenvalue weighted by atomic mass is 32.1. The second-order valence-electron chi connectivity index (χ2n) is 5.79. The average Bonchev–Trinajstić information content (AvgIpc) is 3.00. The summed E-state index contributed by atoms with van der Waals surface area (Å²) in [5.41, 5.74) is 3.47. The summed E-state index contributed by atoms with van der Waals surface area (Å²) in [7, 11) is 0. The summed E-state index contributed by atoms with van der Waals surface area (Å²) in [4.78, 5) is 29.5. The van der Waals surface area contributed by atoms with Gasteiger partial charge in [-0.3, -0.25) is 9.78 Å². The number of nitrogens with one attached hydrogen (secondary N) is 1. The number of aromatic nitrogens is 4. The molecule has 0 bridgehead atoms. The molecule has 0 aliphatic rings. The molecule has 0 saturated carbocycles. The van der Waals surface area contributed by atoms with E-state index in [9.17, 15) is 4.79 Å². The van der Waals surface area contributed by atoms with E-state index in [-0.39, 0.29) is 18.4 Å². The van der Waals surface area contributed by atoms with Crippen LogP contribution in [0.4, 0.5) is 0 Å². The summed E-state index contributed by atoms with van der Waals surface area (Å²) < 4.78 is 0.